The van der Waals surface area contributed by atoms with Gasteiger partial charge in [-0.2, -0.15) is 0 Å². The second kappa shape index (κ2) is 6.36. The summed E-state index contributed by atoms with van der Waals surface area (Å²) < 4.78 is 0. The smallest absolute Gasteiger partial charge is 0.220 e. The molecule has 0 spiro atoms. The number of nitrogens with one attached hydrogen (secondary N) is 1. The van der Waals surface area contributed by atoms with Gasteiger partial charge in [-0.1, -0.05) is 6.92 Å². The minimum atomic E-state index is -0.939. The van der Waals surface area contributed by atoms with E-state index in [4.69, 9.17) is 5.73 Å². The molecule has 0 bridgehead atoms. The van der Waals surface area contributed by atoms with Crippen molar-refractivity contribution in [3.63, 3.8) is 0 Å². The number of rotatable bonds is 7. The summed E-state index contributed by atoms with van der Waals surface area (Å²) in [6.07, 6.45) is 2.27. The lowest BCUT2D eigenvalue weighted by molar-refractivity contribution is -0.126. The number of carbonyl (C=O) groups excluding carboxylic acids is 1. The molecule has 0 rings (SSSR count). The molecule has 0 saturated heterocycles. The van der Waals surface area contributed by atoms with E-state index in [1.54, 1.807) is 13.8 Å². The Labute approximate surface area is 105 Å². The molecular formula is C13H28N2O2. The molecule has 0 aromatic rings. The number of hydrogen-bond donors (Lipinski definition) is 3. The van der Waals surface area contributed by atoms with E-state index in [0.717, 1.165) is 12.8 Å². The van der Waals surface area contributed by atoms with Crippen LogP contribution in [0, 0.1) is 5.92 Å². The van der Waals surface area contributed by atoms with Gasteiger partial charge in [-0.15, -0.1) is 0 Å². The van der Waals surface area contributed by atoms with Gasteiger partial charge in [0.05, 0.1) is 11.1 Å². The summed E-state index contributed by atoms with van der Waals surface area (Å²) in [5.41, 5.74) is 3.90. The second-order valence-electron chi connectivity index (χ2n) is 5.95. The Hall–Kier alpha value is -0.610. The summed E-state index contributed by atoms with van der Waals surface area (Å²) in [6, 6.07) is 0. The van der Waals surface area contributed by atoms with Gasteiger partial charge in [0, 0.05) is 6.42 Å². The maximum Gasteiger partial charge on any atom is 0.220 e. The molecule has 0 aliphatic rings. The highest BCUT2D eigenvalue weighted by Crippen LogP contribution is 2.21. The topological polar surface area (TPSA) is 75.4 Å². The SMILES string of the molecule is CC(CCN)CCC(=O)NC(C)(C)C(C)(C)O. The zero-order valence-electron chi connectivity index (χ0n) is 11.8. The van der Waals surface area contributed by atoms with Crippen molar-refractivity contribution < 1.29 is 9.90 Å². The van der Waals surface area contributed by atoms with Crippen LogP contribution in [0.5, 0.6) is 0 Å². The van der Waals surface area contributed by atoms with Gasteiger partial charge in [0.15, 0.2) is 0 Å². The Morgan fingerprint density at radius 3 is 2.24 bits per heavy atom. The van der Waals surface area contributed by atoms with Gasteiger partial charge in [0.1, 0.15) is 0 Å². The van der Waals surface area contributed by atoms with Crippen molar-refractivity contribution >= 4 is 5.91 Å². The fourth-order valence-electron chi connectivity index (χ4n) is 1.37. The van der Waals surface area contributed by atoms with E-state index in [0.29, 0.717) is 18.9 Å². The van der Waals surface area contributed by atoms with Gasteiger partial charge in [-0.05, 0) is 53.0 Å². The third-order valence-electron chi connectivity index (χ3n) is 3.51. The van der Waals surface area contributed by atoms with Crippen LogP contribution in [-0.2, 0) is 4.79 Å². The van der Waals surface area contributed by atoms with E-state index in [1.807, 2.05) is 13.8 Å². The largest absolute Gasteiger partial charge is 0.388 e. The highest BCUT2D eigenvalue weighted by molar-refractivity contribution is 5.76. The molecule has 0 heterocycles. The quantitative estimate of drug-likeness (QED) is 0.634. The average molecular weight is 244 g/mol. The van der Waals surface area contributed by atoms with Crippen molar-refractivity contribution in [2.75, 3.05) is 6.54 Å². The first-order chi connectivity index (χ1) is 7.60. The van der Waals surface area contributed by atoms with Crippen molar-refractivity contribution in [1.82, 2.24) is 5.32 Å². The number of carbonyl (C=O) groups is 1. The minimum Gasteiger partial charge on any atom is -0.388 e. The molecule has 0 saturated carbocycles. The molecule has 0 radical (unpaired) electrons. The van der Waals surface area contributed by atoms with Crippen LogP contribution in [0.2, 0.25) is 0 Å². The number of nitrogens with two attached hydrogens (primary N) is 1. The van der Waals surface area contributed by atoms with Crippen LogP contribution in [0.25, 0.3) is 0 Å². The van der Waals surface area contributed by atoms with Crippen LogP contribution in [0.1, 0.15) is 53.9 Å². The molecule has 1 unspecified atom stereocenters. The van der Waals surface area contributed by atoms with Gasteiger partial charge in [-0.3, -0.25) is 4.79 Å². The van der Waals surface area contributed by atoms with Crippen LogP contribution < -0.4 is 11.1 Å². The average Bonchev–Trinajstić information content (AvgIpc) is 2.12. The van der Waals surface area contributed by atoms with Crippen LogP contribution in [0.3, 0.4) is 0 Å². The highest BCUT2D eigenvalue weighted by atomic mass is 16.3. The van der Waals surface area contributed by atoms with Crippen molar-refractivity contribution in [2.24, 2.45) is 11.7 Å². The monoisotopic (exact) mass is 244 g/mol. The summed E-state index contributed by atoms with van der Waals surface area (Å²) in [5.74, 6) is 0.456. The molecule has 0 aromatic carbocycles. The van der Waals surface area contributed by atoms with E-state index in [-0.39, 0.29) is 5.91 Å². The Balaban J connectivity index is 4.11. The van der Waals surface area contributed by atoms with Crippen LogP contribution >= 0.6 is 0 Å². The van der Waals surface area contributed by atoms with Crippen LogP contribution in [0.15, 0.2) is 0 Å². The lowest BCUT2D eigenvalue weighted by Crippen LogP contribution is -2.57. The molecule has 0 aromatic heterocycles. The molecule has 1 atom stereocenters. The van der Waals surface area contributed by atoms with Crippen molar-refractivity contribution in [2.45, 2.75) is 65.0 Å². The van der Waals surface area contributed by atoms with Gasteiger partial charge < -0.3 is 16.2 Å². The zero-order valence-corrected chi connectivity index (χ0v) is 11.8. The Morgan fingerprint density at radius 1 is 1.29 bits per heavy atom. The summed E-state index contributed by atoms with van der Waals surface area (Å²) in [5, 5.41) is 12.8. The number of amides is 1. The molecule has 0 aliphatic heterocycles. The minimum absolute atomic E-state index is 0.0130. The number of aliphatic hydroxyl groups is 1. The summed E-state index contributed by atoms with van der Waals surface area (Å²) in [6.45, 7) is 9.82. The first kappa shape index (κ1) is 16.4. The fraction of sp³-hybridized carbons (Fsp3) is 0.923. The number of hydrogen-bond acceptors (Lipinski definition) is 3. The molecule has 102 valence electrons. The molecule has 1 amide bonds. The predicted molar refractivity (Wildman–Crippen MR) is 70.6 cm³/mol. The Kier molecular flexibility index (Phi) is 6.13. The summed E-state index contributed by atoms with van der Waals surface area (Å²) >= 11 is 0. The van der Waals surface area contributed by atoms with Gasteiger partial charge in [0.2, 0.25) is 5.91 Å². The lowest BCUT2D eigenvalue weighted by atomic mass is 9.85. The third-order valence-corrected chi connectivity index (χ3v) is 3.51. The molecule has 0 fully saturated rings. The first-order valence-electron chi connectivity index (χ1n) is 6.33. The highest BCUT2D eigenvalue weighted by Gasteiger charge is 2.36. The second-order valence-corrected chi connectivity index (χ2v) is 5.95. The van der Waals surface area contributed by atoms with Crippen molar-refractivity contribution in [3.05, 3.63) is 0 Å². The molecule has 17 heavy (non-hydrogen) atoms. The fourth-order valence-corrected chi connectivity index (χ4v) is 1.37. The van der Waals surface area contributed by atoms with E-state index in [1.165, 1.54) is 0 Å². The van der Waals surface area contributed by atoms with E-state index in [2.05, 4.69) is 12.2 Å². The maximum absolute atomic E-state index is 11.8. The van der Waals surface area contributed by atoms with Crippen molar-refractivity contribution in [1.29, 1.82) is 0 Å². The first-order valence-corrected chi connectivity index (χ1v) is 6.33. The van der Waals surface area contributed by atoms with E-state index < -0.39 is 11.1 Å². The molecule has 4 N–H and O–H groups in total. The Morgan fingerprint density at radius 2 is 1.82 bits per heavy atom. The van der Waals surface area contributed by atoms with Gasteiger partial charge >= 0.3 is 0 Å². The maximum atomic E-state index is 11.8. The molecular weight excluding hydrogens is 216 g/mol. The van der Waals surface area contributed by atoms with E-state index >= 15 is 0 Å². The third kappa shape index (κ3) is 6.03. The summed E-state index contributed by atoms with van der Waals surface area (Å²) in [4.78, 5) is 11.8. The zero-order chi connectivity index (χ0) is 13.7. The van der Waals surface area contributed by atoms with Crippen LogP contribution in [0.4, 0.5) is 0 Å². The predicted octanol–water partition coefficient (Wildman–Crippen LogP) is 1.42. The van der Waals surface area contributed by atoms with Gasteiger partial charge in [0.25, 0.3) is 0 Å². The van der Waals surface area contributed by atoms with Crippen LogP contribution in [-0.4, -0.2) is 28.7 Å². The molecule has 4 nitrogen and oxygen atoms in total. The summed E-state index contributed by atoms with van der Waals surface area (Å²) in [7, 11) is 0. The van der Waals surface area contributed by atoms with Gasteiger partial charge in [-0.25, -0.2) is 0 Å². The van der Waals surface area contributed by atoms with E-state index in [9.17, 15) is 9.90 Å². The normalized spacial score (nSPS) is 14.5. The lowest BCUT2D eigenvalue weighted by Gasteiger charge is -2.38. The molecule has 4 heteroatoms. The standard InChI is InChI=1S/C13H28N2O2/c1-10(8-9-14)6-7-11(16)15-12(2,3)13(4,5)17/h10,17H,6-9,14H2,1-5H3,(H,15,16). The Bertz CT molecular complexity index is 244. The van der Waals surface area contributed by atoms with Crippen molar-refractivity contribution in [3.8, 4) is 0 Å². The molecule has 0 aliphatic carbocycles.